The van der Waals surface area contributed by atoms with Crippen LogP contribution in [0, 0.1) is 0 Å². The van der Waals surface area contributed by atoms with Gasteiger partial charge in [0.25, 0.3) is 10.1 Å². The SMILES string of the molecule is CC(=O)OC(Cc1cc(S(=O)(=O)O)cs1)=NO. The number of rotatable bonds is 3. The predicted octanol–water partition coefficient (Wildman–Crippen LogP) is 0.888. The van der Waals surface area contributed by atoms with Crippen molar-refractivity contribution in [2.24, 2.45) is 5.16 Å². The fourth-order valence-electron chi connectivity index (χ4n) is 0.995. The topological polar surface area (TPSA) is 113 Å². The Morgan fingerprint density at radius 3 is 2.65 bits per heavy atom. The highest BCUT2D eigenvalue weighted by Crippen LogP contribution is 2.19. The summed E-state index contributed by atoms with van der Waals surface area (Å²) in [6.07, 6.45) is -0.0454. The van der Waals surface area contributed by atoms with Crippen molar-refractivity contribution < 1.29 is 27.7 Å². The number of hydrogen-bond acceptors (Lipinski definition) is 7. The maximum Gasteiger partial charge on any atom is 0.309 e. The van der Waals surface area contributed by atoms with Crippen molar-refractivity contribution in [2.45, 2.75) is 18.2 Å². The third kappa shape index (κ3) is 4.13. The van der Waals surface area contributed by atoms with Crippen molar-refractivity contribution in [3.05, 3.63) is 16.3 Å². The zero-order valence-corrected chi connectivity index (χ0v) is 10.3. The van der Waals surface area contributed by atoms with E-state index >= 15 is 0 Å². The molecule has 94 valence electrons. The first-order valence-electron chi connectivity index (χ1n) is 4.27. The maximum absolute atomic E-state index is 10.8. The molecular formula is C8H9NO6S2. The number of thiophene rings is 1. The molecule has 1 aromatic heterocycles. The molecule has 1 heterocycles. The molecule has 2 N–H and O–H groups in total. The molecule has 0 aromatic carbocycles. The van der Waals surface area contributed by atoms with Gasteiger partial charge in [0.1, 0.15) is 4.90 Å². The van der Waals surface area contributed by atoms with Crippen molar-refractivity contribution in [1.82, 2.24) is 0 Å². The van der Waals surface area contributed by atoms with Crippen LogP contribution in [0.25, 0.3) is 0 Å². The molecule has 0 bridgehead atoms. The van der Waals surface area contributed by atoms with Crippen LogP contribution in [0.15, 0.2) is 21.5 Å². The fourth-order valence-corrected chi connectivity index (χ4v) is 2.73. The molecule has 0 saturated carbocycles. The average molecular weight is 279 g/mol. The predicted molar refractivity (Wildman–Crippen MR) is 58.8 cm³/mol. The van der Waals surface area contributed by atoms with Crippen LogP contribution in [-0.2, 0) is 26.1 Å². The molecule has 1 aromatic rings. The minimum atomic E-state index is -4.25. The summed E-state index contributed by atoms with van der Waals surface area (Å²) in [6.45, 7) is 1.14. The Labute approximate surface area is 101 Å². The van der Waals surface area contributed by atoms with Crippen LogP contribution in [0.3, 0.4) is 0 Å². The number of oxime groups is 1. The van der Waals surface area contributed by atoms with Crippen molar-refractivity contribution in [3.63, 3.8) is 0 Å². The summed E-state index contributed by atoms with van der Waals surface area (Å²) in [5, 5.41) is 12.5. The number of hydrogen-bond donors (Lipinski definition) is 2. The highest BCUT2D eigenvalue weighted by atomic mass is 32.2. The quantitative estimate of drug-likeness (QED) is 0.212. The molecule has 7 nitrogen and oxygen atoms in total. The van der Waals surface area contributed by atoms with E-state index in [9.17, 15) is 13.2 Å². The Hall–Kier alpha value is -1.45. The van der Waals surface area contributed by atoms with Crippen molar-refractivity contribution in [3.8, 4) is 0 Å². The van der Waals surface area contributed by atoms with E-state index in [0.29, 0.717) is 4.88 Å². The summed E-state index contributed by atoms with van der Waals surface area (Å²) < 4.78 is 34.9. The lowest BCUT2D eigenvalue weighted by Gasteiger charge is -2.00. The van der Waals surface area contributed by atoms with Gasteiger partial charge in [-0.2, -0.15) is 8.42 Å². The minimum Gasteiger partial charge on any atom is -0.408 e. The van der Waals surface area contributed by atoms with Gasteiger partial charge in [0.15, 0.2) is 0 Å². The Balaban J connectivity index is 2.82. The second kappa shape index (κ2) is 5.25. The van der Waals surface area contributed by atoms with E-state index in [1.807, 2.05) is 0 Å². The lowest BCUT2D eigenvalue weighted by molar-refractivity contribution is -0.133. The standard InChI is InChI=1S/C8H9NO6S2/c1-5(10)15-8(9-11)3-6-2-7(4-16-6)17(12,13)14/h2,4,11H,3H2,1H3,(H,12,13,14). The zero-order valence-electron chi connectivity index (χ0n) is 8.65. The van der Waals surface area contributed by atoms with E-state index in [1.165, 1.54) is 11.4 Å². The van der Waals surface area contributed by atoms with Crippen LogP contribution in [0.1, 0.15) is 11.8 Å². The van der Waals surface area contributed by atoms with Gasteiger partial charge >= 0.3 is 5.97 Å². The van der Waals surface area contributed by atoms with E-state index in [-0.39, 0.29) is 17.2 Å². The third-order valence-corrected chi connectivity index (χ3v) is 3.54. The maximum atomic E-state index is 10.8. The number of ether oxygens (including phenoxy) is 1. The van der Waals surface area contributed by atoms with Gasteiger partial charge < -0.3 is 9.94 Å². The molecule has 9 heteroatoms. The number of carbonyl (C=O) groups is 1. The molecule has 0 amide bonds. The van der Waals surface area contributed by atoms with Gasteiger partial charge in [-0.05, 0) is 6.07 Å². The molecule has 0 fully saturated rings. The van der Waals surface area contributed by atoms with Crippen LogP contribution in [0.4, 0.5) is 0 Å². The summed E-state index contributed by atoms with van der Waals surface area (Å²) in [5.74, 6) is -0.898. The molecule has 0 unspecified atom stereocenters. The molecule has 1 rings (SSSR count). The van der Waals surface area contributed by atoms with E-state index < -0.39 is 16.1 Å². The van der Waals surface area contributed by atoms with Gasteiger partial charge in [-0.25, -0.2) is 0 Å². The lowest BCUT2D eigenvalue weighted by atomic mass is 10.3. The second-order valence-electron chi connectivity index (χ2n) is 2.99. The van der Waals surface area contributed by atoms with Gasteiger partial charge in [0, 0.05) is 17.2 Å². The van der Waals surface area contributed by atoms with E-state index in [1.54, 1.807) is 0 Å². The molecule has 0 radical (unpaired) electrons. The van der Waals surface area contributed by atoms with Gasteiger partial charge in [-0.15, -0.1) is 11.3 Å². The van der Waals surface area contributed by atoms with E-state index in [2.05, 4.69) is 9.89 Å². The Bertz CT molecular complexity index is 544. The zero-order chi connectivity index (χ0) is 13.1. The van der Waals surface area contributed by atoms with Crippen LogP contribution in [0.5, 0.6) is 0 Å². The molecule has 0 atom stereocenters. The highest BCUT2D eigenvalue weighted by Gasteiger charge is 2.14. The normalized spacial score (nSPS) is 12.5. The molecule has 0 aliphatic heterocycles. The van der Waals surface area contributed by atoms with Crippen molar-refractivity contribution in [2.75, 3.05) is 0 Å². The van der Waals surface area contributed by atoms with Gasteiger partial charge in [-0.1, -0.05) is 5.16 Å². The minimum absolute atomic E-state index is 0.0454. The molecule has 0 spiro atoms. The van der Waals surface area contributed by atoms with Crippen molar-refractivity contribution in [1.29, 1.82) is 0 Å². The average Bonchev–Trinajstić information content (AvgIpc) is 2.63. The molecule has 0 aliphatic rings. The number of nitrogens with zero attached hydrogens (tertiary/aromatic N) is 1. The van der Waals surface area contributed by atoms with E-state index in [4.69, 9.17) is 9.76 Å². The summed E-state index contributed by atoms with van der Waals surface area (Å²) in [5.41, 5.74) is 0. The first kappa shape index (κ1) is 13.6. The smallest absolute Gasteiger partial charge is 0.309 e. The summed E-state index contributed by atoms with van der Waals surface area (Å²) in [7, 11) is -4.25. The monoisotopic (exact) mass is 279 g/mol. The van der Waals surface area contributed by atoms with Gasteiger partial charge in [0.05, 0.1) is 6.42 Å². The number of carbonyl (C=O) groups excluding carboxylic acids is 1. The Morgan fingerprint density at radius 2 is 2.24 bits per heavy atom. The van der Waals surface area contributed by atoms with Crippen molar-refractivity contribution >= 4 is 33.3 Å². The summed E-state index contributed by atoms with van der Waals surface area (Å²) in [6, 6.07) is 1.20. The fraction of sp³-hybridized carbons (Fsp3) is 0.250. The Morgan fingerprint density at radius 1 is 1.59 bits per heavy atom. The summed E-state index contributed by atoms with van der Waals surface area (Å²) in [4.78, 5) is 10.8. The Kier molecular flexibility index (Phi) is 4.21. The molecular weight excluding hydrogens is 270 g/mol. The van der Waals surface area contributed by atoms with Gasteiger partial charge in [-0.3, -0.25) is 9.35 Å². The van der Waals surface area contributed by atoms with Crippen LogP contribution in [0.2, 0.25) is 0 Å². The van der Waals surface area contributed by atoms with Gasteiger partial charge in [0.2, 0.25) is 5.90 Å². The summed E-state index contributed by atoms with van der Waals surface area (Å²) >= 11 is 1.02. The first-order chi connectivity index (χ1) is 7.82. The largest absolute Gasteiger partial charge is 0.408 e. The highest BCUT2D eigenvalue weighted by molar-refractivity contribution is 7.86. The van der Waals surface area contributed by atoms with E-state index in [0.717, 1.165) is 18.3 Å². The third-order valence-electron chi connectivity index (χ3n) is 1.63. The van der Waals surface area contributed by atoms with Crippen LogP contribution >= 0.6 is 11.3 Å². The molecule has 17 heavy (non-hydrogen) atoms. The first-order valence-corrected chi connectivity index (χ1v) is 6.59. The van der Waals surface area contributed by atoms with Crippen LogP contribution < -0.4 is 0 Å². The lowest BCUT2D eigenvalue weighted by Crippen LogP contribution is -2.11. The second-order valence-corrected chi connectivity index (χ2v) is 5.41. The molecule has 0 aliphatic carbocycles. The van der Waals surface area contributed by atoms with Crippen LogP contribution in [-0.4, -0.2) is 30.0 Å². The number of esters is 1. The molecule has 0 saturated heterocycles.